The minimum absolute atomic E-state index is 0.0160. The van der Waals surface area contributed by atoms with Crippen LogP contribution in [-0.4, -0.2) is 36.6 Å². The van der Waals surface area contributed by atoms with Crippen LogP contribution in [0.3, 0.4) is 0 Å². The first-order valence-corrected chi connectivity index (χ1v) is 7.67. The summed E-state index contributed by atoms with van der Waals surface area (Å²) in [5, 5.41) is 32.1. The van der Waals surface area contributed by atoms with Crippen molar-refractivity contribution in [1.82, 2.24) is 5.43 Å². The molecule has 0 atom stereocenters. The maximum Gasteiger partial charge on any atom is 0.282 e. The number of nitrogens with one attached hydrogen (secondary N) is 1. The van der Waals surface area contributed by atoms with Crippen LogP contribution in [0.15, 0.2) is 47.1 Å². The van der Waals surface area contributed by atoms with E-state index in [4.69, 9.17) is 9.47 Å². The van der Waals surface area contributed by atoms with Crippen LogP contribution in [-0.2, 0) is 4.79 Å². The van der Waals surface area contributed by atoms with Gasteiger partial charge in [-0.1, -0.05) is 6.07 Å². The average molecular weight is 367 g/mol. The van der Waals surface area contributed by atoms with Gasteiger partial charge in [-0.3, -0.25) is 4.79 Å². The number of carbonyl (C=O) groups is 1. The van der Waals surface area contributed by atoms with Crippen molar-refractivity contribution in [3.05, 3.63) is 53.1 Å². The molecule has 3 N–H and O–H groups in total. The highest BCUT2D eigenvalue weighted by Crippen LogP contribution is 2.27. The van der Waals surface area contributed by atoms with Gasteiger partial charge >= 0.3 is 0 Å². The molecular weight excluding hydrogens is 350 g/mol. The Morgan fingerprint density at radius 3 is 2.19 bits per heavy atom. The lowest BCUT2D eigenvalue weighted by atomic mass is 10.1. The van der Waals surface area contributed by atoms with E-state index in [0.717, 1.165) is 0 Å². The second-order valence-electron chi connectivity index (χ2n) is 5.23. The molecule has 8 heteroatoms. The number of nitrogens with zero attached hydrogens (tertiary/aromatic N) is 2. The van der Waals surface area contributed by atoms with E-state index in [2.05, 4.69) is 10.5 Å². The number of amides is 1. The first-order chi connectivity index (χ1) is 13.0. The molecule has 2 rings (SSSR count). The number of aromatic hydroxyl groups is 2. The van der Waals surface area contributed by atoms with Crippen LogP contribution < -0.4 is 14.9 Å². The number of hydrazone groups is 1. The molecule has 0 aliphatic carbocycles. The van der Waals surface area contributed by atoms with Crippen LogP contribution in [0, 0.1) is 11.3 Å². The molecule has 2 aromatic rings. The Morgan fingerprint density at radius 1 is 1.07 bits per heavy atom. The third-order valence-electron chi connectivity index (χ3n) is 3.46. The zero-order valence-electron chi connectivity index (χ0n) is 14.6. The third kappa shape index (κ3) is 4.99. The molecule has 0 fully saturated rings. The highest BCUT2D eigenvalue weighted by molar-refractivity contribution is 6.02. The van der Waals surface area contributed by atoms with Gasteiger partial charge in [-0.25, -0.2) is 5.43 Å². The number of hydrogen-bond acceptors (Lipinski definition) is 7. The van der Waals surface area contributed by atoms with Crippen molar-refractivity contribution in [2.24, 2.45) is 5.10 Å². The molecule has 0 aromatic heterocycles. The van der Waals surface area contributed by atoms with Gasteiger partial charge in [0.05, 0.1) is 20.4 Å². The van der Waals surface area contributed by atoms with Gasteiger partial charge in [-0.2, -0.15) is 10.4 Å². The number of nitriles is 1. The molecule has 0 heterocycles. The van der Waals surface area contributed by atoms with Gasteiger partial charge in [0.2, 0.25) is 0 Å². The van der Waals surface area contributed by atoms with Crippen molar-refractivity contribution in [2.75, 3.05) is 14.2 Å². The summed E-state index contributed by atoms with van der Waals surface area (Å²) in [6.07, 6.45) is 2.69. The van der Waals surface area contributed by atoms with E-state index in [1.165, 1.54) is 56.8 Å². The molecule has 8 nitrogen and oxygen atoms in total. The summed E-state index contributed by atoms with van der Waals surface area (Å²) in [5.74, 6) is -0.277. The normalized spacial score (nSPS) is 11.1. The number of methoxy groups -OCH3 is 2. The summed E-state index contributed by atoms with van der Waals surface area (Å²) in [6.45, 7) is 0. The fourth-order valence-electron chi connectivity index (χ4n) is 2.10. The predicted octanol–water partition coefficient (Wildman–Crippen LogP) is 2.17. The molecular formula is C19H17N3O5. The zero-order chi connectivity index (χ0) is 19.8. The number of phenols is 2. The number of phenolic OH excluding ortho intramolecular Hbond substituents is 2. The highest BCUT2D eigenvalue weighted by Gasteiger charge is 2.09. The summed E-state index contributed by atoms with van der Waals surface area (Å²) in [6, 6.07) is 10.8. The number of hydrogen-bond donors (Lipinski definition) is 3. The third-order valence-corrected chi connectivity index (χ3v) is 3.46. The van der Waals surface area contributed by atoms with Gasteiger partial charge in [0.25, 0.3) is 5.91 Å². The van der Waals surface area contributed by atoms with Gasteiger partial charge in [0.1, 0.15) is 11.6 Å². The summed E-state index contributed by atoms with van der Waals surface area (Å²) in [5.41, 5.74) is 3.16. The lowest BCUT2D eigenvalue weighted by Gasteiger charge is -2.04. The van der Waals surface area contributed by atoms with Gasteiger partial charge in [-0.15, -0.1) is 0 Å². The summed E-state index contributed by atoms with van der Waals surface area (Å²) in [4.78, 5) is 12.1. The number of benzene rings is 2. The van der Waals surface area contributed by atoms with E-state index in [1.54, 1.807) is 12.1 Å². The van der Waals surface area contributed by atoms with Crippen molar-refractivity contribution in [1.29, 1.82) is 5.26 Å². The largest absolute Gasteiger partial charge is 0.504 e. The number of carbonyl (C=O) groups excluding carboxylic acids is 1. The van der Waals surface area contributed by atoms with E-state index < -0.39 is 5.91 Å². The second kappa shape index (κ2) is 8.92. The molecule has 2 aromatic carbocycles. The zero-order valence-corrected chi connectivity index (χ0v) is 14.6. The van der Waals surface area contributed by atoms with Gasteiger partial charge in [-0.05, 0) is 47.5 Å². The number of ether oxygens (including phenoxy) is 2. The molecule has 0 bridgehead atoms. The van der Waals surface area contributed by atoms with Crippen LogP contribution in [0.1, 0.15) is 11.1 Å². The lowest BCUT2D eigenvalue weighted by molar-refractivity contribution is -0.117. The molecule has 0 aliphatic rings. The minimum Gasteiger partial charge on any atom is -0.504 e. The van der Waals surface area contributed by atoms with Crippen molar-refractivity contribution >= 4 is 18.2 Å². The minimum atomic E-state index is -0.702. The molecule has 138 valence electrons. The standard InChI is InChI=1S/C19H17N3O5/c1-26-17-8-12(3-5-15(17)23)7-14(10-20)19(25)22-21-11-13-4-6-16(24)18(9-13)27-2/h3-9,11,23-24H,1-2H3,(H,22,25)/b14-7+,21-11+. The van der Waals surface area contributed by atoms with Crippen LogP contribution in [0.5, 0.6) is 23.0 Å². The van der Waals surface area contributed by atoms with E-state index in [1.807, 2.05) is 0 Å². The van der Waals surface area contributed by atoms with Gasteiger partial charge in [0.15, 0.2) is 23.0 Å². The Hall–Kier alpha value is -3.99. The van der Waals surface area contributed by atoms with Crippen molar-refractivity contribution in [3.8, 4) is 29.1 Å². The molecule has 27 heavy (non-hydrogen) atoms. The van der Waals surface area contributed by atoms with Crippen molar-refractivity contribution in [2.45, 2.75) is 0 Å². The first-order valence-electron chi connectivity index (χ1n) is 7.67. The molecule has 1 amide bonds. The lowest BCUT2D eigenvalue weighted by Crippen LogP contribution is -2.19. The summed E-state index contributed by atoms with van der Waals surface area (Å²) < 4.78 is 9.97. The summed E-state index contributed by atoms with van der Waals surface area (Å²) >= 11 is 0. The monoisotopic (exact) mass is 367 g/mol. The predicted molar refractivity (Wildman–Crippen MR) is 98.6 cm³/mol. The average Bonchev–Trinajstić information content (AvgIpc) is 2.68. The first kappa shape index (κ1) is 19.3. The molecule has 0 unspecified atom stereocenters. The SMILES string of the molecule is COc1cc(/C=N/NC(=O)/C(C#N)=C/c2ccc(O)c(OC)c2)ccc1O. The Labute approximate surface area is 155 Å². The smallest absolute Gasteiger partial charge is 0.282 e. The molecule has 0 radical (unpaired) electrons. The Kier molecular flexibility index (Phi) is 6.39. The van der Waals surface area contributed by atoms with E-state index in [0.29, 0.717) is 11.1 Å². The maximum absolute atomic E-state index is 12.1. The fourth-order valence-corrected chi connectivity index (χ4v) is 2.10. The number of rotatable bonds is 6. The van der Waals surface area contributed by atoms with E-state index in [-0.39, 0.29) is 28.6 Å². The molecule has 0 aliphatic heterocycles. The Balaban J connectivity index is 2.12. The summed E-state index contributed by atoms with van der Waals surface area (Å²) in [7, 11) is 2.81. The molecule has 0 saturated carbocycles. The molecule has 0 saturated heterocycles. The quantitative estimate of drug-likeness (QED) is 0.311. The van der Waals surface area contributed by atoms with Crippen molar-refractivity contribution in [3.63, 3.8) is 0 Å². The van der Waals surface area contributed by atoms with E-state index >= 15 is 0 Å². The van der Waals surface area contributed by atoms with Gasteiger partial charge in [0, 0.05) is 0 Å². The topological polar surface area (TPSA) is 124 Å². The van der Waals surface area contributed by atoms with Gasteiger partial charge < -0.3 is 19.7 Å². The van der Waals surface area contributed by atoms with Crippen LogP contribution in [0.25, 0.3) is 6.08 Å². The van der Waals surface area contributed by atoms with Crippen molar-refractivity contribution < 1.29 is 24.5 Å². The Bertz CT molecular complexity index is 945. The maximum atomic E-state index is 12.1. The van der Waals surface area contributed by atoms with Crippen LogP contribution >= 0.6 is 0 Å². The fraction of sp³-hybridized carbons (Fsp3) is 0.105. The van der Waals surface area contributed by atoms with Crippen LogP contribution in [0.4, 0.5) is 0 Å². The van der Waals surface area contributed by atoms with E-state index in [9.17, 15) is 20.3 Å². The highest BCUT2D eigenvalue weighted by atomic mass is 16.5. The second-order valence-corrected chi connectivity index (χ2v) is 5.23. The van der Waals surface area contributed by atoms with Crippen LogP contribution in [0.2, 0.25) is 0 Å². The Morgan fingerprint density at radius 2 is 1.63 bits per heavy atom. The molecule has 0 spiro atoms.